The van der Waals surface area contributed by atoms with Crippen LogP contribution < -0.4 is 5.32 Å². The summed E-state index contributed by atoms with van der Waals surface area (Å²) < 4.78 is 0. The Balaban J connectivity index is 1.78. The Kier molecular flexibility index (Phi) is 5.56. The molecule has 1 N–H and O–H groups in total. The molecule has 2 heterocycles. The minimum atomic E-state index is -0.609. The summed E-state index contributed by atoms with van der Waals surface area (Å²) in [5.41, 5.74) is 4.02. The summed E-state index contributed by atoms with van der Waals surface area (Å²) >= 11 is 6.27. The number of carbonyl (C=O) groups excluding carboxylic acids is 2. The molecule has 1 aliphatic carbocycles. The van der Waals surface area contributed by atoms with Crippen molar-refractivity contribution in [1.82, 2.24) is 4.98 Å². The highest BCUT2D eigenvalue weighted by molar-refractivity contribution is 6.30. The molecule has 1 amide bonds. The summed E-state index contributed by atoms with van der Waals surface area (Å²) in [4.78, 5) is 35.5. The monoisotopic (exact) mass is 421 g/mol. The molecule has 30 heavy (non-hydrogen) atoms. The van der Waals surface area contributed by atoms with Crippen LogP contribution in [0.15, 0.2) is 58.9 Å². The van der Waals surface area contributed by atoms with Gasteiger partial charge in [0.15, 0.2) is 5.78 Å². The zero-order chi connectivity index (χ0) is 21.4. The van der Waals surface area contributed by atoms with E-state index in [1.54, 1.807) is 18.3 Å². The number of ketones is 1. The van der Waals surface area contributed by atoms with Crippen LogP contribution in [0.1, 0.15) is 43.7 Å². The van der Waals surface area contributed by atoms with Crippen molar-refractivity contribution in [2.24, 2.45) is 16.8 Å². The predicted octanol–water partition coefficient (Wildman–Crippen LogP) is 5.11. The van der Waals surface area contributed by atoms with E-state index in [0.717, 1.165) is 23.2 Å². The van der Waals surface area contributed by atoms with Gasteiger partial charge in [-0.2, -0.15) is 0 Å². The number of rotatable bonds is 3. The van der Waals surface area contributed by atoms with Crippen LogP contribution in [0.3, 0.4) is 0 Å². The second kappa shape index (κ2) is 8.15. The maximum atomic E-state index is 13.4. The fourth-order valence-corrected chi connectivity index (χ4v) is 4.59. The Morgan fingerprint density at radius 2 is 1.97 bits per heavy atom. The van der Waals surface area contributed by atoms with Crippen LogP contribution in [0.25, 0.3) is 0 Å². The molecule has 1 aromatic heterocycles. The van der Waals surface area contributed by atoms with Gasteiger partial charge in [0.2, 0.25) is 5.91 Å². The number of hydrogen-bond acceptors (Lipinski definition) is 4. The third-order valence-electron chi connectivity index (χ3n) is 5.75. The number of allylic oxidation sites excluding steroid dienone is 2. The van der Waals surface area contributed by atoms with Crippen LogP contribution in [0.4, 0.5) is 5.82 Å². The van der Waals surface area contributed by atoms with Gasteiger partial charge >= 0.3 is 0 Å². The number of nitrogens with one attached hydrogen (secondary N) is 1. The van der Waals surface area contributed by atoms with E-state index in [2.05, 4.69) is 17.2 Å². The van der Waals surface area contributed by atoms with Crippen molar-refractivity contribution in [3.05, 3.63) is 70.0 Å². The van der Waals surface area contributed by atoms with Gasteiger partial charge in [-0.1, -0.05) is 36.7 Å². The average molecular weight is 422 g/mol. The highest BCUT2D eigenvalue weighted by Crippen LogP contribution is 2.45. The number of halogens is 1. The van der Waals surface area contributed by atoms with Crippen LogP contribution >= 0.6 is 11.6 Å². The second-order valence-electron chi connectivity index (χ2n) is 8.27. The molecule has 3 atom stereocenters. The maximum Gasteiger partial charge on any atom is 0.235 e. The van der Waals surface area contributed by atoms with Gasteiger partial charge in [-0.15, -0.1) is 0 Å². The van der Waals surface area contributed by atoms with Gasteiger partial charge in [0.1, 0.15) is 5.82 Å². The van der Waals surface area contributed by atoms with Crippen LogP contribution in [0.2, 0.25) is 5.02 Å². The van der Waals surface area contributed by atoms with Gasteiger partial charge in [-0.05, 0) is 55.5 Å². The minimum absolute atomic E-state index is 0.0660. The van der Waals surface area contributed by atoms with E-state index in [1.165, 1.54) is 0 Å². The number of nitrogens with zero attached hydrogens (tertiary/aromatic N) is 2. The van der Waals surface area contributed by atoms with E-state index in [0.29, 0.717) is 28.5 Å². The van der Waals surface area contributed by atoms with Crippen LogP contribution in [-0.4, -0.2) is 22.4 Å². The third-order valence-corrected chi connectivity index (χ3v) is 5.98. The van der Waals surface area contributed by atoms with Gasteiger partial charge in [0.05, 0.1) is 5.92 Å². The average Bonchev–Trinajstić information content (AvgIpc) is 2.68. The van der Waals surface area contributed by atoms with Crippen molar-refractivity contribution in [2.45, 2.75) is 39.5 Å². The zero-order valence-corrected chi connectivity index (χ0v) is 18.0. The molecule has 2 aromatic rings. The Morgan fingerprint density at radius 3 is 2.67 bits per heavy atom. The number of hydrogen-bond donors (Lipinski definition) is 1. The Morgan fingerprint density at radius 1 is 1.17 bits per heavy atom. The molecule has 5 nitrogen and oxygen atoms in total. The van der Waals surface area contributed by atoms with Gasteiger partial charge in [-0.3, -0.25) is 14.6 Å². The van der Waals surface area contributed by atoms with Crippen LogP contribution in [0, 0.1) is 18.8 Å². The van der Waals surface area contributed by atoms with E-state index in [4.69, 9.17) is 16.6 Å². The first kappa shape index (κ1) is 20.5. The minimum Gasteiger partial charge on any atom is -0.310 e. The Bertz CT molecular complexity index is 1070. The number of aliphatic imine (C=N–C) groups is 1. The van der Waals surface area contributed by atoms with Crippen molar-refractivity contribution in [3.8, 4) is 0 Å². The first-order chi connectivity index (χ1) is 14.3. The van der Waals surface area contributed by atoms with Gasteiger partial charge < -0.3 is 5.32 Å². The molecule has 0 radical (unpaired) electrons. The molecule has 1 aromatic carbocycles. The summed E-state index contributed by atoms with van der Waals surface area (Å²) in [6.45, 7) is 5.86. The highest BCUT2D eigenvalue weighted by Gasteiger charge is 2.43. The van der Waals surface area contributed by atoms with Crippen molar-refractivity contribution >= 4 is 34.8 Å². The molecule has 6 heteroatoms. The van der Waals surface area contributed by atoms with E-state index >= 15 is 0 Å². The molecule has 1 unspecified atom stereocenters. The molecule has 0 fully saturated rings. The number of pyridine rings is 1. The van der Waals surface area contributed by atoms with E-state index in [-0.39, 0.29) is 17.6 Å². The fourth-order valence-electron chi connectivity index (χ4n) is 4.39. The summed E-state index contributed by atoms with van der Waals surface area (Å²) in [6.07, 6.45) is 2.92. The first-order valence-electron chi connectivity index (χ1n) is 10.1. The molecule has 1 aliphatic heterocycles. The number of amides is 1. The number of carbonyl (C=O) groups is 2. The summed E-state index contributed by atoms with van der Waals surface area (Å²) in [6, 6.07) is 11.1. The lowest BCUT2D eigenvalue weighted by Crippen LogP contribution is -2.39. The molecular weight excluding hydrogens is 398 g/mol. The van der Waals surface area contributed by atoms with Crippen molar-refractivity contribution < 1.29 is 9.59 Å². The lowest BCUT2D eigenvalue weighted by atomic mass is 9.70. The normalized spacial score (nSPS) is 23.7. The smallest absolute Gasteiger partial charge is 0.235 e. The highest BCUT2D eigenvalue weighted by atomic mass is 35.5. The number of aromatic nitrogens is 1. The molecule has 0 bridgehead atoms. The Labute approximate surface area is 181 Å². The summed E-state index contributed by atoms with van der Waals surface area (Å²) in [7, 11) is 0. The molecule has 2 aliphatic rings. The fraction of sp³-hybridized carbons (Fsp3) is 0.333. The van der Waals surface area contributed by atoms with Crippen LogP contribution in [-0.2, 0) is 9.59 Å². The quantitative estimate of drug-likeness (QED) is 0.748. The lowest BCUT2D eigenvalue weighted by Gasteiger charge is -2.36. The SMILES string of the molecule is CC1=NC2=C(C(=O)C[C@H](C)C2)[C@H](c2cccc(Cl)c2)C1C(=O)Nc1ccc(C)cn1. The van der Waals surface area contributed by atoms with E-state index in [1.807, 2.05) is 38.1 Å². The van der Waals surface area contributed by atoms with E-state index < -0.39 is 11.8 Å². The van der Waals surface area contributed by atoms with Crippen molar-refractivity contribution in [1.29, 1.82) is 0 Å². The lowest BCUT2D eigenvalue weighted by molar-refractivity contribution is -0.119. The molecule has 154 valence electrons. The summed E-state index contributed by atoms with van der Waals surface area (Å²) in [5, 5.41) is 3.48. The van der Waals surface area contributed by atoms with Gasteiger partial charge in [0.25, 0.3) is 0 Å². The molecule has 4 rings (SSSR count). The molecule has 0 saturated carbocycles. The topological polar surface area (TPSA) is 71.4 Å². The number of Topliss-reactive ketones (excluding diaryl/α,β-unsaturated/α-hetero) is 1. The summed E-state index contributed by atoms with van der Waals surface area (Å²) in [5.74, 6) is -0.460. The maximum absolute atomic E-state index is 13.4. The first-order valence-corrected chi connectivity index (χ1v) is 10.5. The predicted molar refractivity (Wildman–Crippen MR) is 119 cm³/mol. The van der Waals surface area contributed by atoms with Gasteiger partial charge in [-0.25, -0.2) is 4.98 Å². The van der Waals surface area contributed by atoms with E-state index in [9.17, 15) is 9.59 Å². The van der Waals surface area contributed by atoms with Crippen molar-refractivity contribution in [2.75, 3.05) is 5.32 Å². The molecular formula is C24H24ClN3O2. The van der Waals surface area contributed by atoms with Gasteiger partial charge in [0, 0.05) is 40.5 Å². The van der Waals surface area contributed by atoms with Crippen LogP contribution in [0.5, 0.6) is 0 Å². The largest absolute Gasteiger partial charge is 0.310 e. The standard InChI is InChI=1S/C24H24ClN3O2/c1-13-7-8-20(26-12-13)28-24(30)21-15(3)27-18-9-14(2)10-19(29)23(18)22(21)16-5-4-6-17(25)11-16/h4-8,11-12,14,21-22H,9-10H2,1-3H3,(H,26,28,30)/t14-,21?,22-/m1/s1. The third kappa shape index (κ3) is 3.94. The van der Waals surface area contributed by atoms with Crippen molar-refractivity contribution in [3.63, 3.8) is 0 Å². The second-order valence-corrected chi connectivity index (χ2v) is 8.71. The molecule has 0 saturated heterocycles. The Hall–Kier alpha value is -2.79. The molecule has 0 spiro atoms. The number of aryl methyl sites for hydroxylation is 1. The number of anilines is 1. The number of benzene rings is 1. The zero-order valence-electron chi connectivity index (χ0n) is 17.3.